The highest BCUT2D eigenvalue weighted by Gasteiger charge is 2.38. The molecule has 0 spiro atoms. The first-order chi connectivity index (χ1) is 9.50. The van der Waals surface area contributed by atoms with Crippen LogP contribution >= 0.6 is 0 Å². The summed E-state index contributed by atoms with van der Waals surface area (Å²) in [6.07, 6.45) is -0.602. The largest absolute Gasteiger partial charge is 0.460 e. The van der Waals surface area contributed by atoms with Gasteiger partial charge in [-0.1, -0.05) is 0 Å². The molecule has 0 amide bonds. The maximum Gasteiger partial charge on any atom is 0.460 e. The molecule has 8 heteroatoms. The fourth-order valence-electron chi connectivity index (χ4n) is 2.19. The number of carbonyl (C=O) groups excluding carboxylic acids is 1. The molecular formula is C12H15F3N4O. The van der Waals surface area contributed by atoms with Gasteiger partial charge in [0.2, 0.25) is 0 Å². The van der Waals surface area contributed by atoms with Gasteiger partial charge in [0, 0.05) is 38.9 Å². The Hall–Kier alpha value is -1.54. The van der Waals surface area contributed by atoms with E-state index in [1.165, 1.54) is 6.33 Å². The van der Waals surface area contributed by atoms with Crippen LogP contribution in [0, 0.1) is 0 Å². The van der Waals surface area contributed by atoms with Crippen LogP contribution in [0.5, 0.6) is 0 Å². The summed E-state index contributed by atoms with van der Waals surface area (Å²) in [5.41, 5.74) is 0.591. The predicted molar refractivity (Wildman–Crippen MR) is 64.9 cm³/mol. The zero-order valence-electron chi connectivity index (χ0n) is 10.8. The van der Waals surface area contributed by atoms with Crippen molar-refractivity contribution in [3.8, 4) is 0 Å². The average molecular weight is 288 g/mol. The van der Waals surface area contributed by atoms with Gasteiger partial charge in [0.1, 0.15) is 12.6 Å². The molecule has 1 aromatic rings. The molecule has 0 N–H and O–H groups in total. The van der Waals surface area contributed by atoms with Gasteiger partial charge in [-0.25, -0.2) is 14.9 Å². The lowest BCUT2D eigenvalue weighted by Gasteiger charge is -2.36. The van der Waals surface area contributed by atoms with Crippen LogP contribution in [0.4, 0.5) is 13.2 Å². The number of halogens is 3. The maximum atomic E-state index is 12.5. The van der Waals surface area contributed by atoms with Gasteiger partial charge in [0.05, 0.1) is 11.6 Å². The van der Waals surface area contributed by atoms with E-state index in [2.05, 4.69) is 9.97 Å². The van der Waals surface area contributed by atoms with Crippen molar-refractivity contribution in [1.82, 2.24) is 19.8 Å². The Labute approximate surface area is 114 Å². The molecule has 2 rings (SSSR count). The van der Waals surface area contributed by atoms with E-state index in [1.54, 1.807) is 12.3 Å². The van der Waals surface area contributed by atoms with E-state index in [9.17, 15) is 18.0 Å². The highest BCUT2D eigenvalue weighted by Crippen LogP contribution is 2.23. The Bertz CT molecular complexity index is 432. The first-order valence-corrected chi connectivity index (χ1v) is 6.26. The fraction of sp³-hybridized carbons (Fsp3) is 0.583. The minimum Gasteiger partial charge on any atom is -0.303 e. The Kier molecular flexibility index (Phi) is 4.66. The number of hydrogen-bond donors (Lipinski definition) is 0. The second-order valence-corrected chi connectivity index (χ2v) is 4.63. The number of alkyl halides is 3. The molecule has 1 aliphatic heterocycles. The molecule has 1 aromatic heterocycles. The summed E-state index contributed by atoms with van der Waals surface area (Å²) in [6.45, 7) is 0.813. The minimum absolute atomic E-state index is 0.0706. The fourth-order valence-corrected chi connectivity index (χ4v) is 2.19. The first kappa shape index (κ1) is 14.9. The molecule has 1 saturated heterocycles. The van der Waals surface area contributed by atoms with Gasteiger partial charge in [-0.15, -0.1) is 0 Å². The molecule has 5 nitrogen and oxygen atoms in total. The summed E-state index contributed by atoms with van der Waals surface area (Å²) in [7, 11) is 0. The number of aldehydes is 1. The van der Waals surface area contributed by atoms with E-state index in [0.717, 1.165) is 6.29 Å². The third-order valence-electron chi connectivity index (χ3n) is 3.33. The van der Waals surface area contributed by atoms with Gasteiger partial charge in [-0.05, 0) is 6.07 Å². The zero-order valence-corrected chi connectivity index (χ0v) is 10.8. The van der Waals surface area contributed by atoms with Crippen LogP contribution in [0.25, 0.3) is 0 Å². The van der Waals surface area contributed by atoms with Crippen LogP contribution in [-0.4, -0.2) is 65.1 Å². The molecule has 1 unspecified atom stereocenters. The lowest BCUT2D eigenvalue weighted by atomic mass is 10.1. The number of hydrogen-bond acceptors (Lipinski definition) is 5. The van der Waals surface area contributed by atoms with Crippen LogP contribution in [0.2, 0.25) is 0 Å². The number of carbonyl (C=O) groups is 1. The van der Waals surface area contributed by atoms with Crippen molar-refractivity contribution in [2.24, 2.45) is 0 Å². The third kappa shape index (κ3) is 3.73. The second-order valence-electron chi connectivity index (χ2n) is 4.63. The van der Waals surface area contributed by atoms with E-state index in [1.807, 2.05) is 4.90 Å². The quantitative estimate of drug-likeness (QED) is 0.608. The summed E-state index contributed by atoms with van der Waals surface area (Å²) in [5.74, 6) is -0.435. The Morgan fingerprint density at radius 3 is 2.50 bits per heavy atom. The normalized spacial score (nSPS) is 19.8. The van der Waals surface area contributed by atoms with Crippen molar-refractivity contribution in [3.63, 3.8) is 0 Å². The van der Waals surface area contributed by atoms with Gasteiger partial charge in [0.25, 0.3) is 0 Å². The zero-order chi connectivity index (χ0) is 14.6. The first-order valence-electron chi connectivity index (χ1n) is 6.26. The molecule has 0 bridgehead atoms. The Morgan fingerprint density at radius 1 is 1.30 bits per heavy atom. The van der Waals surface area contributed by atoms with Gasteiger partial charge < -0.3 is 4.79 Å². The molecule has 20 heavy (non-hydrogen) atoms. The monoisotopic (exact) mass is 288 g/mol. The second kappa shape index (κ2) is 6.27. The van der Waals surface area contributed by atoms with Gasteiger partial charge in [0.15, 0.2) is 0 Å². The Morgan fingerprint density at radius 2 is 2.00 bits per heavy atom. The molecule has 0 saturated carbocycles. The van der Waals surface area contributed by atoms with Crippen LogP contribution in [-0.2, 0) is 4.79 Å². The van der Waals surface area contributed by atoms with Crippen molar-refractivity contribution < 1.29 is 18.0 Å². The Balaban J connectivity index is 1.90. The van der Waals surface area contributed by atoms with Crippen LogP contribution in [0.15, 0.2) is 18.6 Å². The van der Waals surface area contributed by atoms with Crippen LogP contribution in [0.1, 0.15) is 11.6 Å². The van der Waals surface area contributed by atoms with E-state index < -0.39 is 12.2 Å². The van der Waals surface area contributed by atoms with Crippen LogP contribution in [0.3, 0.4) is 0 Å². The van der Waals surface area contributed by atoms with Gasteiger partial charge in [-0.3, -0.25) is 4.90 Å². The summed E-state index contributed by atoms with van der Waals surface area (Å²) in [4.78, 5) is 21.2. The van der Waals surface area contributed by atoms with E-state index in [-0.39, 0.29) is 26.2 Å². The van der Waals surface area contributed by atoms with E-state index >= 15 is 0 Å². The topological polar surface area (TPSA) is 49.3 Å². The van der Waals surface area contributed by atoms with Crippen molar-refractivity contribution in [1.29, 1.82) is 0 Å². The predicted octanol–water partition coefficient (Wildman–Crippen LogP) is 0.897. The van der Waals surface area contributed by atoms with E-state index in [0.29, 0.717) is 17.1 Å². The number of aromatic nitrogens is 2. The summed E-state index contributed by atoms with van der Waals surface area (Å²) >= 11 is 0. The highest BCUT2D eigenvalue weighted by molar-refractivity contribution is 5.61. The number of rotatable bonds is 4. The molecule has 1 aliphatic rings. The molecule has 0 aliphatic carbocycles. The number of nitrogens with zero attached hydrogens (tertiary/aromatic N) is 4. The lowest BCUT2D eigenvalue weighted by Crippen LogP contribution is -2.52. The van der Waals surface area contributed by atoms with Crippen molar-refractivity contribution in [2.45, 2.75) is 12.2 Å². The smallest absolute Gasteiger partial charge is 0.303 e. The standard InChI is InChI=1S/C12H15F3N4O/c13-12(14,15)19-5-3-18(4-6-19)7-10(8-20)11-1-2-16-9-17-11/h1-2,8-10H,3-7H2. The van der Waals surface area contributed by atoms with Gasteiger partial charge in [-0.2, -0.15) is 13.2 Å². The molecule has 1 atom stereocenters. The maximum absolute atomic E-state index is 12.5. The average Bonchev–Trinajstić information content (AvgIpc) is 2.45. The van der Waals surface area contributed by atoms with Crippen molar-refractivity contribution >= 4 is 6.29 Å². The SMILES string of the molecule is O=CC(CN1CCN(C(F)(F)F)CC1)c1ccncn1. The molecule has 1 fully saturated rings. The third-order valence-corrected chi connectivity index (χ3v) is 3.33. The highest BCUT2D eigenvalue weighted by atomic mass is 19.4. The number of piperazine rings is 1. The van der Waals surface area contributed by atoms with Crippen molar-refractivity contribution in [2.75, 3.05) is 32.7 Å². The molecule has 0 radical (unpaired) electrons. The molecule has 0 aromatic carbocycles. The van der Waals surface area contributed by atoms with Gasteiger partial charge >= 0.3 is 6.30 Å². The van der Waals surface area contributed by atoms with E-state index in [4.69, 9.17) is 0 Å². The molecule has 2 heterocycles. The molecular weight excluding hydrogens is 273 g/mol. The summed E-state index contributed by atoms with van der Waals surface area (Å²) in [6, 6.07) is 1.64. The van der Waals surface area contributed by atoms with Crippen LogP contribution < -0.4 is 0 Å². The van der Waals surface area contributed by atoms with Crippen molar-refractivity contribution in [3.05, 3.63) is 24.3 Å². The summed E-state index contributed by atoms with van der Waals surface area (Å²) in [5, 5.41) is 0. The lowest BCUT2D eigenvalue weighted by molar-refractivity contribution is -0.252. The minimum atomic E-state index is -4.27. The molecule has 110 valence electrons. The summed E-state index contributed by atoms with van der Waals surface area (Å²) < 4.78 is 37.5.